The lowest BCUT2D eigenvalue weighted by molar-refractivity contribution is -0.384. The number of aromatic hydroxyl groups is 1. The second-order valence-corrected chi connectivity index (χ2v) is 9.34. The minimum absolute atomic E-state index is 0.109. The maximum Gasteiger partial charge on any atom is 0.296 e. The van der Waals surface area contributed by atoms with Gasteiger partial charge in [-0.3, -0.25) is 19.2 Å². The standard InChI is InChI=1S/C17H14N4O9S2/c1-8-4-10(21(23)24)2-3-13(8)19-20-16-15(32(28,29)30)6-9-5-14(31(25,26)27)12(18)7-11(9)17(16)22/h2-7,22H,18H2,1H3,(H,25,26,27)(H,28,29,30). The van der Waals surface area contributed by atoms with Crippen molar-refractivity contribution in [1.29, 1.82) is 0 Å². The lowest BCUT2D eigenvalue weighted by Crippen LogP contribution is -2.04. The lowest BCUT2D eigenvalue weighted by Gasteiger charge is -2.11. The van der Waals surface area contributed by atoms with E-state index in [2.05, 4.69) is 10.2 Å². The second-order valence-electron chi connectivity index (χ2n) is 6.56. The first-order valence-electron chi connectivity index (χ1n) is 8.41. The van der Waals surface area contributed by atoms with Crippen LogP contribution in [-0.2, 0) is 20.2 Å². The number of nitrogens with two attached hydrogens (primary N) is 1. The predicted octanol–water partition coefficient (Wildman–Crippen LogP) is 3.25. The Morgan fingerprint density at radius 1 is 0.969 bits per heavy atom. The van der Waals surface area contributed by atoms with Crippen LogP contribution in [0.4, 0.5) is 22.7 Å². The van der Waals surface area contributed by atoms with Crippen LogP contribution in [0.1, 0.15) is 5.56 Å². The van der Waals surface area contributed by atoms with Crippen LogP contribution >= 0.6 is 0 Å². The summed E-state index contributed by atoms with van der Waals surface area (Å²) in [6.45, 7) is 1.49. The van der Waals surface area contributed by atoms with E-state index in [1.54, 1.807) is 0 Å². The third kappa shape index (κ3) is 4.35. The topological polar surface area (TPSA) is 223 Å². The van der Waals surface area contributed by atoms with E-state index in [4.69, 9.17) is 5.73 Å². The molecule has 0 amide bonds. The number of azo groups is 1. The van der Waals surface area contributed by atoms with Gasteiger partial charge in [0, 0.05) is 17.5 Å². The Morgan fingerprint density at radius 2 is 1.56 bits per heavy atom. The van der Waals surface area contributed by atoms with E-state index < -0.39 is 52.1 Å². The molecular weight excluding hydrogens is 468 g/mol. The van der Waals surface area contributed by atoms with Gasteiger partial charge in [0.05, 0.1) is 16.3 Å². The van der Waals surface area contributed by atoms with E-state index in [0.717, 1.165) is 24.3 Å². The van der Waals surface area contributed by atoms with Gasteiger partial charge in [-0.15, -0.1) is 5.11 Å². The highest BCUT2D eigenvalue weighted by Crippen LogP contribution is 2.43. The normalized spacial score (nSPS) is 12.5. The van der Waals surface area contributed by atoms with Crippen molar-refractivity contribution in [3.8, 4) is 5.75 Å². The molecule has 3 aromatic carbocycles. The van der Waals surface area contributed by atoms with Gasteiger partial charge in [0.25, 0.3) is 25.9 Å². The summed E-state index contributed by atoms with van der Waals surface area (Å²) in [6.07, 6.45) is 0. The first-order chi connectivity index (χ1) is 14.7. The average Bonchev–Trinajstić information content (AvgIpc) is 2.66. The molecule has 0 heterocycles. The van der Waals surface area contributed by atoms with Gasteiger partial charge in [-0.25, -0.2) is 0 Å². The van der Waals surface area contributed by atoms with Crippen molar-refractivity contribution < 1.29 is 36.0 Å². The number of nitrogens with zero attached hydrogens (tertiary/aromatic N) is 3. The smallest absolute Gasteiger partial charge is 0.296 e. The number of benzene rings is 3. The van der Waals surface area contributed by atoms with Gasteiger partial charge in [-0.1, -0.05) is 0 Å². The number of non-ortho nitro benzene ring substituents is 1. The Morgan fingerprint density at radius 3 is 2.09 bits per heavy atom. The minimum atomic E-state index is -4.98. The lowest BCUT2D eigenvalue weighted by atomic mass is 10.1. The van der Waals surface area contributed by atoms with Crippen LogP contribution in [0.25, 0.3) is 10.8 Å². The Labute approximate surface area is 180 Å². The molecule has 15 heteroatoms. The van der Waals surface area contributed by atoms with Gasteiger partial charge in [0.1, 0.15) is 15.5 Å². The SMILES string of the molecule is Cc1cc([N+](=O)[O-])ccc1N=Nc1c(S(=O)(=O)O)cc2cc(S(=O)(=O)O)c(N)cc2c1O. The summed E-state index contributed by atoms with van der Waals surface area (Å²) in [5, 5.41) is 28.6. The van der Waals surface area contributed by atoms with E-state index in [9.17, 15) is 41.2 Å². The maximum absolute atomic E-state index is 11.9. The van der Waals surface area contributed by atoms with Crippen LogP contribution in [0, 0.1) is 17.0 Å². The minimum Gasteiger partial charge on any atom is -0.505 e. The molecule has 0 saturated carbocycles. The molecule has 0 aliphatic carbocycles. The number of nitro groups is 1. The first kappa shape index (κ1) is 23.0. The van der Waals surface area contributed by atoms with Gasteiger partial charge in [-0.05, 0) is 42.1 Å². The van der Waals surface area contributed by atoms with Crippen LogP contribution in [0.3, 0.4) is 0 Å². The van der Waals surface area contributed by atoms with Gasteiger partial charge >= 0.3 is 0 Å². The summed E-state index contributed by atoms with van der Waals surface area (Å²) < 4.78 is 65.5. The third-order valence-corrected chi connectivity index (χ3v) is 6.16. The molecule has 32 heavy (non-hydrogen) atoms. The Bertz CT molecular complexity index is 1530. The van der Waals surface area contributed by atoms with Crippen LogP contribution in [0.15, 0.2) is 56.4 Å². The molecule has 5 N–H and O–H groups in total. The van der Waals surface area contributed by atoms with Gasteiger partial charge in [-0.2, -0.15) is 21.9 Å². The summed E-state index contributed by atoms with van der Waals surface area (Å²) in [6, 6.07) is 6.19. The van der Waals surface area contributed by atoms with E-state index in [0.29, 0.717) is 5.56 Å². The molecule has 13 nitrogen and oxygen atoms in total. The highest BCUT2D eigenvalue weighted by Gasteiger charge is 2.24. The number of hydrogen-bond donors (Lipinski definition) is 4. The number of nitrogen functional groups attached to an aromatic ring is 1. The molecule has 0 atom stereocenters. The maximum atomic E-state index is 11.9. The fraction of sp³-hybridized carbons (Fsp3) is 0.0588. The van der Waals surface area contributed by atoms with Crippen molar-refractivity contribution in [2.24, 2.45) is 10.2 Å². The molecule has 168 valence electrons. The van der Waals surface area contributed by atoms with Crippen molar-refractivity contribution in [3.05, 3.63) is 52.1 Å². The highest BCUT2D eigenvalue weighted by molar-refractivity contribution is 7.86. The van der Waals surface area contributed by atoms with Crippen LogP contribution < -0.4 is 5.73 Å². The fourth-order valence-electron chi connectivity index (χ4n) is 2.88. The summed E-state index contributed by atoms with van der Waals surface area (Å²) >= 11 is 0. The third-order valence-electron chi connectivity index (χ3n) is 4.39. The molecule has 0 saturated heterocycles. The van der Waals surface area contributed by atoms with Crippen LogP contribution in [-0.4, -0.2) is 36.0 Å². The van der Waals surface area contributed by atoms with Crippen molar-refractivity contribution in [3.63, 3.8) is 0 Å². The van der Waals surface area contributed by atoms with E-state index >= 15 is 0 Å². The molecular formula is C17H14N4O9S2. The van der Waals surface area contributed by atoms with E-state index in [1.165, 1.54) is 19.1 Å². The first-order valence-corrected chi connectivity index (χ1v) is 11.3. The summed E-state index contributed by atoms with van der Waals surface area (Å²) in [5.74, 6) is -0.799. The quantitative estimate of drug-likeness (QED) is 0.136. The molecule has 0 aliphatic heterocycles. The molecule has 0 radical (unpaired) electrons. The summed E-state index contributed by atoms with van der Waals surface area (Å²) in [7, 11) is -9.75. The van der Waals surface area contributed by atoms with Gasteiger partial charge < -0.3 is 10.8 Å². The highest BCUT2D eigenvalue weighted by atomic mass is 32.2. The van der Waals surface area contributed by atoms with Crippen LogP contribution in [0.2, 0.25) is 0 Å². The van der Waals surface area contributed by atoms with E-state index in [1.807, 2.05) is 0 Å². The molecule has 0 bridgehead atoms. The molecule has 0 spiro atoms. The Hall–Kier alpha value is -3.66. The number of aryl methyl sites for hydroxylation is 1. The Kier molecular flexibility index (Phi) is 5.60. The monoisotopic (exact) mass is 482 g/mol. The summed E-state index contributed by atoms with van der Waals surface area (Å²) in [5.41, 5.74) is 4.71. The van der Waals surface area contributed by atoms with Gasteiger partial charge in [0.15, 0.2) is 5.75 Å². The molecule has 0 aliphatic rings. The predicted molar refractivity (Wildman–Crippen MR) is 112 cm³/mol. The summed E-state index contributed by atoms with van der Waals surface area (Å²) in [4.78, 5) is 8.58. The number of fused-ring (bicyclic) bond motifs is 1. The molecule has 3 aromatic rings. The van der Waals surface area contributed by atoms with Crippen LogP contribution in [0.5, 0.6) is 5.75 Å². The molecule has 0 fully saturated rings. The van der Waals surface area contributed by atoms with Crippen molar-refractivity contribution in [2.75, 3.05) is 5.73 Å². The number of phenolic OH excluding ortho intramolecular Hbond substituents is 1. The molecule has 0 unspecified atom stereocenters. The molecule has 0 aromatic heterocycles. The Balaban J connectivity index is 2.27. The number of hydrogen-bond acceptors (Lipinski definition) is 10. The zero-order chi connectivity index (χ0) is 24.0. The van der Waals surface area contributed by atoms with Gasteiger partial charge in [0.2, 0.25) is 0 Å². The number of phenols is 1. The largest absolute Gasteiger partial charge is 0.505 e. The average molecular weight is 482 g/mol. The van der Waals surface area contributed by atoms with Crippen molar-refractivity contribution in [2.45, 2.75) is 16.7 Å². The zero-order valence-corrected chi connectivity index (χ0v) is 17.6. The number of nitro benzene ring substituents is 1. The zero-order valence-electron chi connectivity index (χ0n) is 16.0. The fourth-order valence-corrected chi connectivity index (χ4v) is 4.17. The molecule has 3 rings (SSSR count). The van der Waals surface area contributed by atoms with E-state index in [-0.39, 0.29) is 22.1 Å². The van der Waals surface area contributed by atoms with Crippen molar-refractivity contribution >= 4 is 53.8 Å². The number of rotatable bonds is 5. The second kappa shape index (κ2) is 7.79. The number of anilines is 1. The van der Waals surface area contributed by atoms with Crippen molar-refractivity contribution in [1.82, 2.24) is 0 Å².